The molecule has 0 bridgehead atoms. The summed E-state index contributed by atoms with van der Waals surface area (Å²) in [5, 5.41) is 0.481. The first-order valence-corrected chi connectivity index (χ1v) is 6.77. The highest BCUT2D eigenvalue weighted by molar-refractivity contribution is 7.98. The lowest BCUT2D eigenvalue weighted by Crippen LogP contribution is -2.22. The molecule has 2 aromatic heterocycles. The van der Waals surface area contributed by atoms with Gasteiger partial charge < -0.3 is 16.0 Å². The second-order valence-corrected chi connectivity index (χ2v) is 4.57. The highest BCUT2D eigenvalue weighted by Gasteiger charge is 2.18. The zero-order valence-electron chi connectivity index (χ0n) is 10.5. The van der Waals surface area contributed by atoms with Crippen LogP contribution in [0.5, 0.6) is 0 Å². The fraction of sp³-hybridized carbons (Fsp3) is 0.273. The van der Waals surface area contributed by atoms with Crippen LogP contribution in [0.4, 0.5) is 5.82 Å². The van der Waals surface area contributed by atoms with Crippen LogP contribution in [0, 0.1) is 0 Å². The third-order valence-electron chi connectivity index (χ3n) is 2.69. The fourth-order valence-electron chi connectivity index (χ4n) is 1.86. The topological polar surface area (TPSA) is 117 Å². The molecular formula is C11H13N5O2S. The number of hydrogen-bond donors (Lipinski definition) is 2. The average molecular weight is 279 g/mol. The van der Waals surface area contributed by atoms with E-state index in [0.717, 1.165) is 0 Å². The van der Waals surface area contributed by atoms with Crippen molar-refractivity contribution in [3.8, 4) is 0 Å². The number of nitrogens with two attached hydrogens (primary N) is 2. The normalized spacial score (nSPS) is 10.8. The van der Waals surface area contributed by atoms with Crippen LogP contribution in [0.1, 0.15) is 17.4 Å². The molecule has 0 saturated heterocycles. The number of thioether (sulfide) groups is 1. The number of hydrogen-bond acceptors (Lipinski definition) is 6. The Morgan fingerprint density at radius 1 is 1.47 bits per heavy atom. The monoisotopic (exact) mass is 279 g/mol. The summed E-state index contributed by atoms with van der Waals surface area (Å²) < 4.78 is 1.64. The molecule has 1 amide bonds. The van der Waals surface area contributed by atoms with Gasteiger partial charge in [0, 0.05) is 12.6 Å². The molecule has 0 atom stereocenters. The Morgan fingerprint density at radius 2 is 2.16 bits per heavy atom. The van der Waals surface area contributed by atoms with Crippen molar-refractivity contribution in [3.63, 3.8) is 0 Å². The Balaban J connectivity index is 3.04. The number of fused-ring (bicyclic) bond motifs is 1. The predicted molar refractivity (Wildman–Crippen MR) is 74.2 cm³/mol. The Labute approximate surface area is 113 Å². The third-order valence-corrected chi connectivity index (χ3v) is 3.24. The number of nitrogens with zero attached hydrogens (tertiary/aromatic N) is 3. The van der Waals surface area contributed by atoms with Gasteiger partial charge in [0.05, 0.1) is 5.39 Å². The van der Waals surface area contributed by atoms with Gasteiger partial charge in [-0.1, -0.05) is 11.8 Å². The molecule has 2 rings (SSSR count). The lowest BCUT2D eigenvalue weighted by molar-refractivity contribution is 0.0996. The molecule has 0 spiro atoms. The van der Waals surface area contributed by atoms with E-state index in [9.17, 15) is 9.59 Å². The minimum Gasteiger partial charge on any atom is -0.385 e. The average Bonchev–Trinajstić information content (AvgIpc) is 2.37. The third kappa shape index (κ3) is 2.14. The van der Waals surface area contributed by atoms with Gasteiger partial charge in [0.25, 0.3) is 5.91 Å². The molecule has 2 aromatic rings. The standard InChI is InChI=1S/C11H13N5O2S/c1-3-16-6(12)4-5(17)7-8(9(13)18)14-11(19-2)15-10(7)16/h4H,3,12H2,1-2H3,(H2,13,18). The molecule has 2 heterocycles. The van der Waals surface area contributed by atoms with E-state index in [4.69, 9.17) is 11.5 Å². The highest BCUT2D eigenvalue weighted by Crippen LogP contribution is 2.19. The number of amides is 1. The molecular weight excluding hydrogens is 266 g/mol. The van der Waals surface area contributed by atoms with E-state index in [2.05, 4.69) is 9.97 Å². The quantitative estimate of drug-likeness (QED) is 0.613. The summed E-state index contributed by atoms with van der Waals surface area (Å²) in [5.41, 5.74) is 10.9. The van der Waals surface area contributed by atoms with Gasteiger partial charge in [-0.05, 0) is 13.2 Å². The summed E-state index contributed by atoms with van der Waals surface area (Å²) in [7, 11) is 0. The summed E-state index contributed by atoms with van der Waals surface area (Å²) in [6, 6.07) is 1.25. The number of aryl methyl sites for hydroxylation is 1. The van der Waals surface area contributed by atoms with E-state index in [1.165, 1.54) is 17.8 Å². The number of carbonyl (C=O) groups excluding carboxylic acids is 1. The summed E-state index contributed by atoms with van der Waals surface area (Å²) in [4.78, 5) is 31.7. The molecule has 19 heavy (non-hydrogen) atoms. The van der Waals surface area contributed by atoms with Crippen molar-refractivity contribution < 1.29 is 4.79 Å². The first-order chi connectivity index (χ1) is 8.99. The lowest BCUT2D eigenvalue weighted by Gasteiger charge is -2.12. The molecule has 4 N–H and O–H groups in total. The molecule has 0 aliphatic heterocycles. The second kappa shape index (κ2) is 4.88. The Morgan fingerprint density at radius 3 is 2.68 bits per heavy atom. The van der Waals surface area contributed by atoms with Crippen LogP contribution in [0.3, 0.4) is 0 Å². The molecule has 8 heteroatoms. The maximum absolute atomic E-state index is 12.0. The minimum atomic E-state index is -0.757. The van der Waals surface area contributed by atoms with Crippen LogP contribution in [-0.2, 0) is 6.54 Å². The number of pyridine rings is 1. The van der Waals surface area contributed by atoms with Gasteiger partial charge in [-0.15, -0.1) is 0 Å². The zero-order valence-corrected chi connectivity index (χ0v) is 11.3. The summed E-state index contributed by atoms with van der Waals surface area (Å²) in [6.45, 7) is 2.39. The molecule has 0 aliphatic carbocycles. The van der Waals surface area contributed by atoms with Crippen LogP contribution in [0.15, 0.2) is 16.0 Å². The Kier molecular flexibility index (Phi) is 3.43. The van der Waals surface area contributed by atoms with E-state index in [1.54, 1.807) is 10.8 Å². The van der Waals surface area contributed by atoms with Gasteiger partial charge in [-0.25, -0.2) is 9.97 Å². The summed E-state index contributed by atoms with van der Waals surface area (Å²) in [5.74, 6) is -0.464. The number of aromatic nitrogens is 3. The highest BCUT2D eigenvalue weighted by atomic mass is 32.2. The number of nitrogen functional groups attached to an aromatic ring is 1. The minimum absolute atomic E-state index is 0.0680. The number of carbonyl (C=O) groups is 1. The number of anilines is 1. The van der Waals surface area contributed by atoms with E-state index in [-0.39, 0.29) is 11.1 Å². The largest absolute Gasteiger partial charge is 0.385 e. The van der Waals surface area contributed by atoms with Gasteiger partial charge >= 0.3 is 0 Å². The van der Waals surface area contributed by atoms with Crippen LogP contribution < -0.4 is 16.9 Å². The number of primary amides is 1. The van der Waals surface area contributed by atoms with E-state index in [0.29, 0.717) is 23.2 Å². The van der Waals surface area contributed by atoms with Gasteiger partial charge in [0.15, 0.2) is 16.2 Å². The van der Waals surface area contributed by atoms with Crippen LogP contribution >= 0.6 is 11.8 Å². The van der Waals surface area contributed by atoms with Crippen molar-refractivity contribution >= 4 is 34.5 Å². The summed E-state index contributed by atoms with van der Waals surface area (Å²) >= 11 is 1.26. The first kappa shape index (κ1) is 13.3. The first-order valence-electron chi connectivity index (χ1n) is 5.54. The zero-order chi connectivity index (χ0) is 14.2. The maximum Gasteiger partial charge on any atom is 0.268 e. The lowest BCUT2D eigenvalue weighted by atomic mass is 10.2. The van der Waals surface area contributed by atoms with Gasteiger partial charge in [-0.2, -0.15) is 0 Å². The smallest absolute Gasteiger partial charge is 0.268 e. The van der Waals surface area contributed by atoms with E-state index < -0.39 is 11.3 Å². The van der Waals surface area contributed by atoms with Crippen molar-refractivity contribution in [3.05, 3.63) is 22.0 Å². The molecule has 0 radical (unpaired) electrons. The van der Waals surface area contributed by atoms with Crippen LogP contribution in [0.25, 0.3) is 11.0 Å². The van der Waals surface area contributed by atoms with E-state index in [1.807, 2.05) is 6.92 Å². The number of rotatable bonds is 3. The fourth-order valence-corrected chi connectivity index (χ4v) is 2.22. The molecule has 0 saturated carbocycles. The maximum atomic E-state index is 12.0. The van der Waals surface area contributed by atoms with Crippen molar-refractivity contribution in [2.45, 2.75) is 18.6 Å². The van der Waals surface area contributed by atoms with Crippen LogP contribution in [0.2, 0.25) is 0 Å². The molecule has 0 aliphatic rings. The van der Waals surface area contributed by atoms with Gasteiger partial charge in [-0.3, -0.25) is 9.59 Å². The second-order valence-electron chi connectivity index (χ2n) is 3.80. The molecule has 7 nitrogen and oxygen atoms in total. The molecule has 0 fully saturated rings. The van der Waals surface area contributed by atoms with Gasteiger partial charge in [0.1, 0.15) is 11.5 Å². The molecule has 0 aromatic carbocycles. The van der Waals surface area contributed by atoms with Gasteiger partial charge in [0.2, 0.25) is 0 Å². The Hall–Kier alpha value is -2.09. The van der Waals surface area contributed by atoms with E-state index >= 15 is 0 Å². The summed E-state index contributed by atoms with van der Waals surface area (Å²) in [6.07, 6.45) is 1.77. The van der Waals surface area contributed by atoms with Crippen molar-refractivity contribution in [2.75, 3.05) is 12.0 Å². The SMILES string of the molecule is CCn1c(N)cc(=O)c2c(C(N)=O)nc(SC)nc21. The van der Waals surface area contributed by atoms with Crippen LogP contribution in [-0.4, -0.2) is 26.7 Å². The van der Waals surface area contributed by atoms with Crippen molar-refractivity contribution in [2.24, 2.45) is 5.73 Å². The predicted octanol–water partition coefficient (Wildman–Crippen LogP) is 0.214. The Bertz CT molecular complexity index is 725. The molecule has 100 valence electrons. The van der Waals surface area contributed by atoms with Crippen molar-refractivity contribution in [1.29, 1.82) is 0 Å². The molecule has 0 unspecified atom stereocenters. The van der Waals surface area contributed by atoms with Crippen molar-refractivity contribution in [1.82, 2.24) is 14.5 Å².